The zero-order valence-electron chi connectivity index (χ0n) is 9.86. The van der Waals surface area contributed by atoms with Gasteiger partial charge in [-0.05, 0) is 42.9 Å². The molecule has 1 aliphatic heterocycles. The summed E-state index contributed by atoms with van der Waals surface area (Å²) in [6.07, 6.45) is 6.03. The normalized spacial score (nSPS) is 13.3. The van der Waals surface area contributed by atoms with Crippen LogP contribution in [-0.2, 0) is 0 Å². The number of aryl methyl sites for hydroxylation is 1. The van der Waals surface area contributed by atoms with E-state index in [4.69, 9.17) is 5.11 Å². The highest BCUT2D eigenvalue weighted by Crippen LogP contribution is 2.14. The van der Waals surface area contributed by atoms with Gasteiger partial charge in [0.25, 0.3) is 0 Å². The van der Waals surface area contributed by atoms with Crippen LogP contribution in [0.2, 0.25) is 0 Å². The summed E-state index contributed by atoms with van der Waals surface area (Å²) in [4.78, 5) is 3.73. The molecule has 1 saturated heterocycles. The maximum Gasteiger partial charge on any atom is 0.134 e. The van der Waals surface area contributed by atoms with Crippen LogP contribution in [0.15, 0.2) is 18.5 Å². The average Bonchev–Trinajstić information content (AvgIpc) is 2.78. The van der Waals surface area contributed by atoms with Crippen molar-refractivity contribution in [2.24, 2.45) is 0 Å². The number of pyridine rings is 1. The van der Waals surface area contributed by atoms with Crippen LogP contribution in [0.3, 0.4) is 0 Å². The summed E-state index contributed by atoms with van der Waals surface area (Å²) < 4.78 is 0. The first kappa shape index (κ1) is 14.3. The van der Waals surface area contributed by atoms with Gasteiger partial charge in [0.1, 0.15) is 5.75 Å². The molecule has 0 aliphatic carbocycles. The molecule has 0 spiro atoms. The Morgan fingerprint density at radius 3 is 2.07 bits per heavy atom. The van der Waals surface area contributed by atoms with Crippen LogP contribution in [0, 0.1) is 6.92 Å². The fourth-order valence-corrected chi connectivity index (χ4v) is 2.07. The second kappa shape index (κ2) is 9.84. The number of hydrogen-bond donors (Lipinski definition) is 1. The molecule has 1 fully saturated rings. The molecule has 1 aromatic rings. The Labute approximate surface area is 97.1 Å². The highest BCUT2D eigenvalue weighted by Gasteiger charge is 1.95. The average molecular weight is 227 g/mol. The van der Waals surface area contributed by atoms with E-state index < -0.39 is 0 Å². The Balaban J connectivity index is 0.000000241. The standard InChI is InChI=1S/C6H7NO.C4H8S.C2H6/c1-5-2-6(8)4-7-3-5;1-2-4-5-3-1;1-2/h2-4,8H,1H3;1-4H2;1-2H3. The predicted octanol–water partition coefficient (Wildman–Crippen LogP) is 3.64. The molecule has 2 nitrogen and oxygen atoms in total. The van der Waals surface area contributed by atoms with Gasteiger partial charge < -0.3 is 5.11 Å². The molecule has 2 rings (SSSR count). The van der Waals surface area contributed by atoms with Crippen molar-refractivity contribution in [1.82, 2.24) is 4.98 Å². The SMILES string of the molecule is C1CCSC1.CC.Cc1cncc(O)c1. The number of aromatic hydroxyl groups is 1. The summed E-state index contributed by atoms with van der Waals surface area (Å²) in [6.45, 7) is 5.88. The first-order valence-corrected chi connectivity index (χ1v) is 6.63. The molecule has 3 heteroatoms. The van der Waals surface area contributed by atoms with Crippen LogP contribution >= 0.6 is 11.8 Å². The van der Waals surface area contributed by atoms with E-state index in [1.165, 1.54) is 30.5 Å². The molecule has 0 atom stereocenters. The topological polar surface area (TPSA) is 33.1 Å². The molecule has 0 saturated carbocycles. The largest absolute Gasteiger partial charge is 0.506 e. The van der Waals surface area contributed by atoms with E-state index in [2.05, 4.69) is 16.7 Å². The summed E-state index contributed by atoms with van der Waals surface area (Å²) >= 11 is 2.07. The zero-order chi connectivity index (χ0) is 11.5. The van der Waals surface area contributed by atoms with Crippen molar-refractivity contribution in [2.75, 3.05) is 11.5 Å². The van der Waals surface area contributed by atoms with Crippen molar-refractivity contribution in [1.29, 1.82) is 0 Å². The van der Waals surface area contributed by atoms with E-state index in [9.17, 15) is 0 Å². The van der Waals surface area contributed by atoms with Crippen molar-refractivity contribution >= 4 is 11.8 Å². The fraction of sp³-hybridized carbons (Fsp3) is 0.583. The van der Waals surface area contributed by atoms with E-state index in [0.717, 1.165) is 5.56 Å². The molecule has 0 aromatic carbocycles. The molecule has 0 amide bonds. The van der Waals surface area contributed by atoms with Crippen LogP contribution in [0.1, 0.15) is 32.3 Å². The molecule has 0 bridgehead atoms. The lowest BCUT2D eigenvalue weighted by atomic mass is 10.3. The smallest absolute Gasteiger partial charge is 0.134 e. The van der Waals surface area contributed by atoms with Crippen molar-refractivity contribution < 1.29 is 5.11 Å². The third-order valence-corrected chi connectivity index (χ3v) is 2.84. The van der Waals surface area contributed by atoms with Gasteiger partial charge in [-0.2, -0.15) is 11.8 Å². The molecule has 1 aromatic heterocycles. The monoisotopic (exact) mass is 227 g/mol. The summed E-state index contributed by atoms with van der Waals surface area (Å²) in [5, 5.41) is 8.75. The number of thioether (sulfide) groups is 1. The molecule has 0 radical (unpaired) electrons. The van der Waals surface area contributed by atoms with Crippen molar-refractivity contribution in [3.8, 4) is 5.75 Å². The number of rotatable bonds is 0. The lowest BCUT2D eigenvalue weighted by Gasteiger charge is -1.89. The summed E-state index contributed by atoms with van der Waals surface area (Å²) in [7, 11) is 0. The maximum absolute atomic E-state index is 8.75. The van der Waals surface area contributed by atoms with Gasteiger partial charge in [-0.25, -0.2) is 0 Å². The fourth-order valence-electron chi connectivity index (χ4n) is 1.05. The third-order valence-electron chi connectivity index (χ3n) is 1.69. The van der Waals surface area contributed by atoms with Gasteiger partial charge in [0.2, 0.25) is 0 Å². The molecule has 2 heterocycles. The molecular formula is C12H21NOS. The summed E-state index contributed by atoms with van der Waals surface area (Å²) in [5.74, 6) is 3.06. The lowest BCUT2D eigenvalue weighted by molar-refractivity contribution is 0.472. The minimum Gasteiger partial charge on any atom is -0.506 e. The van der Waals surface area contributed by atoms with E-state index in [0.29, 0.717) is 0 Å². The third kappa shape index (κ3) is 8.30. The van der Waals surface area contributed by atoms with Gasteiger partial charge in [-0.1, -0.05) is 13.8 Å². The Morgan fingerprint density at radius 1 is 1.20 bits per heavy atom. The number of nitrogens with zero attached hydrogens (tertiary/aromatic N) is 1. The maximum atomic E-state index is 8.75. The lowest BCUT2D eigenvalue weighted by Crippen LogP contribution is -1.72. The van der Waals surface area contributed by atoms with Gasteiger partial charge in [0.05, 0.1) is 6.20 Å². The van der Waals surface area contributed by atoms with Gasteiger partial charge in [-0.3, -0.25) is 4.98 Å². The van der Waals surface area contributed by atoms with E-state index in [1.807, 2.05) is 20.8 Å². The Bertz CT molecular complexity index is 224. The minimum absolute atomic E-state index is 0.227. The predicted molar refractivity (Wildman–Crippen MR) is 68.5 cm³/mol. The van der Waals surface area contributed by atoms with Crippen molar-refractivity contribution in [3.05, 3.63) is 24.0 Å². The second-order valence-corrected chi connectivity index (χ2v) is 4.26. The van der Waals surface area contributed by atoms with E-state index in [-0.39, 0.29) is 5.75 Å². The van der Waals surface area contributed by atoms with Gasteiger partial charge in [0.15, 0.2) is 0 Å². The molecule has 15 heavy (non-hydrogen) atoms. The Kier molecular flexibility index (Phi) is 9.38. The molecule has 1 aliphatic rings. The van der Waals surface area contributed by atoms with Crippen LogP contribution in [0.5, 0.6) is 5.75 Å². The van der Waals surface area contributed by atoms with Crippen LogP contribution in [0.25, 0.3) is 0 Å². The Hall–Kier alpha value is -0.700. The van der Waals surface area contributed by atoms with Gasteiger partial charge in [-0.15, -0.1) is 0 Å². The molecule has 1 N–H and O–H groups in total. The number of aromatic nitrogens is 1. The van der Waals surface area contributed by atoms with Crippen LogP contribution < -0.4 is 0 Å². The van der Waals surface area contributed by atoms with E-state index >= 15 is 0 Å². The molecule has 0 unspecified atom stereocenters. The zero-order valence-corrected chi connectivity index (χ0v) is 10.7. The van der Waals surface area contributed by atoms with Gasteiger partial charge in [0, 0.05) is 6.20 Å². The van der Waals surface area contributed by atoms with Gasteiger partial charge >= 0.3 is 0 Å². The van der Waals surface area contributed by atoms with Crippen molar-refractivity contribution in [3.63, 3.8) is 0 Å². The summed E-state index contributed by atoms with van der Waals surface area (Å²) in [5.41, 5.74) is 0.977. The van der Waals surface area contributed by atoms with Crippen molar-refractivity contribution in [2.45, 2.75) is 33.6 Å². The van der Waals surface area contributed by atoms with Crippen LogP contribution in [-0.4, -0.2) is 21.6 Å². The molecule has 86 valence electrons. The van der Waals surface area contributed by atoms with E-state index in [1.54, 1.807) is 12.3 Å². The first-order valence-electron chi connectivity index (χ1n) is 5.47. The van der Waals surface area contributed by atoms with Crippen LogP contribution in [0.4, 0.5) is 0 Å². The quantitative estimate of drug-likeness (QED) is 0.734. The highest BCUT2D eigenvalue weighted by atomic mass is 32.2. The summed E-state index contributed by atoms with van der Waals surface area (Å²) in [6, 6.07) is 1.66. The highest BCUT2D eigenvalue weighted by molar-refractivity contribution is 7.99. The molecular weight excluding hydrogens is 206 g/mol. The Morgan fingerprint density at radius 2 is 1.80 bits per heavy atom. The minimum atomic E-state index is 0.227. The number of hydrogen-bond acceptors (Lipinski definition) is 3. The first-order chi connectivity index (χ1) is 7.29. The second-order valence-electron chi connectivity index (χ2n) is 3.04.